The molecule has 2 aliphatic heterocycles. The maximum absolute atomic E-state index is 12.9. The molecular formula is C30H41N3O6. The summed E-state index contributed by atoms with van der Waals surface area (Å²) in [6.07, 6.45) is 1.20. The summed E-state index contributed by atoms with van der Waals surface area (Å²) in [6, 6.07) is 14.6. The van der Waals surface area contributed by atoms with Crippen molar-refractivity contribution in [2.45, 2.75) is 83.7 Å². The number of urea groups is 1. The third-order valence-corrected chi connectivity index (χ3v) is 6.85. The van der Waals surface area contributed by atoms with E-state index in [-0.39, 0.29) is 36.9 Å². The first-order valence-corrected chi connectivity index (χ1v) is 13.8. The zero-order valence-corrected chi connectivity index (χ0v) is 23.3. The number of ether oxygens (including phenoxy) is 3. The number of carbonyl (C=O) groups is 2. The van der Waals surface area contributed by atoms with Crippen LogP contribution in [0.1, 0.15) is 76.0 Å². The van der Waals surface area contributed by atoms with Crippen LogP contribution < -0.4 is 10.6 Å². The van der Waals surface area contributed by atoms with Crippen LogP contribution in [0.2, 0.25) is 0 Å². The SMILES string of the molecule is CCNC(=O)Nc1cccc([C@H]2O[C@@H](CN3CCC[C@H]3C(=O)OC(C)(C)C)C[C@@H](c3ccc(CO)cc3)O2)c1. The number of hydrogen-bond acceptors (Lipinski definition) is 7. The molecule has 0 radical (unpaired) electrons. The lowest BCUT2D eigenvalue weighted by Crippen LogP contribution is -2.45. The Bertz CT molecular complexity index is 1120. The third kappa shape index (κ3) is 8.02. The van der Waals surface area contributed by atoms with E-state index >= 15 is 0 Å². The van der Waals surface area contributed by atoms with E-state index in [1.807, 2.05) is 76.2 Å². The van der Waals surface area contributed by atoms with Gasteiger partial charge in [-0.05, 0) is 70.3 Å². The van der Waals surface area contributed by atoms with E-state index in [2.05, 4.69) is 15.5 Å². The van der Waals surface area contributed by atoms with Crippen LogP contribution in [0.25, 0.3) is 0 Å². The molecule has 2 amide bonds. The first-order valence-electron chi connectivity index (χ1n) is 13.8. The molecule has 2 aliphatic rings. The maximum Gasteiger partial charge on any atom is 0.323 e. The molecule has 2 saturated heterocycles. The largest absolute Gasteiger partial charge is 0.459 e. The molecule has 3 N–H and O–H groups in total. The van der Waals surface area contributed by atoms with Gasteiger partial charge in [0.05, 0.1) is 18.8 Å². The van der Waals surface area contributed by atoms with E-state index in [1.165, 1.54) is 0 Å². The summed E-state index contributed by atoms with van der Waals surface area (Å²) in [5.41, 5.74) is 2.72. The normalized spacial score (nSPS) is 23.8. The summed E-state index contributed by atoms with van der Waals surface area (Å²) in [7, 11) is 0. The number of nitrogens with one attached hydrogen (secondary N) is 2. The molecule has 9 heteroatoms. The first-order chi connectivity index (χ1) is 18.6. The topological polar surface area (TPSA) is 109 Å². The van der Waals surface area contributed by atoms with Crippen LogP contribution in [0, 0.1) is 0 Å². The van der Waals surface area contributed by atoms with Crippen molar-refractivity contribution in [3.8, 4) is 0 Å². The second kappa shape index (κ2) is 12.9. The van der Waals surface area contributed by atoms with Gasteiger partial charge in [-0.3, -0.25) is 9.69 Å². The van der Waals surface area contributed by atoms with Crippen molar-refractivity contribution in [1.82, 2.24) is 10.2 Å². The van der Waals surface area contributed by atoms with Gasteiger partial charge in [0.1, 0.15) is 11.6 Å². The summed E-state index contributed by atoms with van der Waals surface area (Å²) in [6.45, 7) is 9.41. The minimum Gasteiger partial charge on any atom is -0.459 e. The highest BCUT2D eigenvalue weighted by atomic mass is 16.7. The van der Waals surface area contributed by atoms with Crippen molar-refractivity contribution in [1.29, 1.82) is 0 Å². The van der Waals surface area contributed by atoms with Gasteiger partial charge in [0.2, 0.25) is 0 Å². The van der Waals surface area contributed by atoms with Crippen LogP contribution >= 0.6 is 0 Å². The lowest BCUT2D eigenvalue weighted by molar-refractivity contribution is -0.253. The summed E-state index contributed by atoms with van der Waals surface area (Å²) < 4.78 is 18.6. The van der Waals surface area contributed by atoms with Crippen molar-refractivity contribution >= 4 is 17.7 Å². The highest BCUT2D eigenvalue weighted by Gasteiger charge is 2.39. The number of anilines is 1. The Labute approximate surface area is 230 Å². The molecule has 212 valence electrons. The molecule has 2 aromatic rings. The Morgan fingerprint density at radius 2 is 1.87 bits per heavy atom. The summed E-state index contributed by atoms with van der Waals surface area (Å²) in [5, 5.41) is 15.0. The van der Waals surface area contributed by atoms with E-state index in [4.69, 9.17) is 14.2 Å². The second-order valence-electron chi connectivity index (χ2n) is 11.1. The van der Waals surface area contributed by atoms with Gasteiger partial charge in [-0.1, -0.05) is 36.4 Å². The lowest BCUT2D eigenvalue weighted by atomic mass is 9.99. The van der Waals surface area contributed by atoms with Gasteiger partial charge in [-0.2, -0.15) is 0 Å². The zero-order valence-electron chi connectivity index (χ0n) is 23.3. The number of benzene rings is 2. The number of likely N-dealkylation sites (tertiary alicyclic amines) is 1. The molecule has 4 atom stereocenters. The molecule has 0 saturated carbocycles. The highest BCUT2D eigenvalue weighted by Crippen LogP contribution is 2.39. The Hall–Kier alpha value is -2.98. The van der Waals surface area contributed by atoms with E-state index in [0.717, 1.165) is 36.1 Å². The Morgan fingerprint density at radius 1 is 1.10 bits per heavy atom. The van der Waals surface area contributed by atoms with Gasteiger partial charge in [-0.15, -0.1) is 0 Å². The van der Waals surface area contributed by atoms with Crippen LogP contribution in [0.4, 0.5) is 10.5 Å². The van der Waals surface area contributed by atoms with E-state index in [9.17, 15) is 14.7 Å². The smallest absolute Gasteiger partial charge is 0.323 e. The number of aliphatic hydroxyl groups excluding tert-OH is 1. The fourth-order valence-corrected chi connectivity index (χ4v) is 5.07. The third-order valence-electron chi connectivity index (χ3n) is 6.85. The minimum absolute atomic E-state index is 0.0213. The number of amides is 2. The maximum atomic E-state index is 12.9. The van der Waals surface area contributed by atoms with Gasteiger partial charge in [0.25, 0.3) is 0 Å². The van der Waals surface area contributed by atoms with Crippen LogP contribution in [-0.2, 0) is 25.6 Å². The predicted molar refractivity (Wildman–Crippen MR) is 148 cm³/mol. The van der Waals surface area contributed by atoms with Crippen molar-refractivity contribution in [2.24, 2.45) is 0 Å². The van der Waals surface area contributed by atoms with Crippen LogP contribution in [-0.4, -0.2) is 59.4 Å². The number of esters is 1. The van der Waals surface area contributed by atoms with Gasteiger partial charge in [0.15, 0.2) is 6.29 Å². The van der Waals surface area contributed by atoms with Crippen molar-refractivity contribution in [3.05, 3.63) is 65.2 Å². The molecule has 9 nitrogen and oxygen atoms in total. The summed E-state index contributed by atoms with van der Waals surface area (Å²) in [5.74, 6) is -0.191. The fraction of sp³-hybridized carbons (Fsp3) is 0.533. The van der Waals surface area contributed by atoms with Gasteiger partial charge in [-0.25, -0.2) is 4.79 Å². The van der Waals surface area contributed by atoms with Crippen molar-refractivity contribution < 1.29 is 28.9 Å². The van der Waals surface area contributed by atoms with Gasteiger partial charge in [0, 0.05) is 30.8 Å². The fourth-order valence-electron chi connectivity index (χ4n) is 5.07. The number of hydrogen-bond donors (Lipinski definition) is 3. The van der Waals surface area contributed by atoms with Gasteiger partial charge >= 0.3 is 12.0 Å². The highest BCUT2D eigenvalue weighted by molar-refractivity contribution is 5.89. The molecule has 0 spiro atoms. The summed E-state index contributed by atoms with van der Waals surface area (Å²) >= 11 is 0. The number of nitrogens with zero attached hydrogens (tertiary/aromatic N) is 1. The van der Waals surface area contributed by atoms with Crippen LogP contribution in [0.3, 0.4) is 0 Å². The molecule has 39 heavy (non-hydrogen) atoms. The Balaban J connectivity index is 1.54. The average Bonchev–Trinajstić information content (AvgIpc) is 3.36. The molecular weight excluding hydrogens is 498 g/mol. The monoisotopic (exact) mass is 539 g/mol. The first kappa shape index (κ1) is 29.0. The molecule has 0 unspecified atom stereocenters. The van der Waals surface area contributed by atoms with Crippen molar-refractivity contribution in [2.75, 3.05) is 25.0 Å². The summed E-state index contributed by atoms with van der Waals surface area (Å²) in [4.78, 5) is 27.2. The second-order valence-corrected chi connectivity index (χ2v) is 11.1. The molecule has 0 aliphatic carbocycles. The molecule has 2 aromatic carbocycles. The van der Waals surface area contributed by atoms with Crippen LogP contribution in [0.5, 0.6) is 0 Å². The van der Waals surface area contributed by atoms with Crippen LogP contribution in [0.15, 0.2) is 48.5 Å². The molecule has 2 fully saturated rings. The molecule has 0 bridgehead atoms. The van der Waals surface area contributed by atoms with E-state index in [1.54, 1.807) is 0 Å². The Morgan fingerprint density at radius 3 is 2.56 bits per heavy atom. The molecule has 2 heterocycles. The minimum atomic E-state index is -0.662. The zero-order chi connectivity index (χ0) is 28.0. The van der Waals surface area contributed by atoms with E-state index in [0.29, 0.717) is 25.2 Å². The lowest BCUT2D eigenvalue weighted by Gasteiger charge is -2.38. The number of carbonyl (C=O) groups excluding carboxylic acids is 2. The molecule has 0 aromatic heterocycles. The van der Waals surface area contributed by atoms with E-state index < -0.39 is 11.9 Å². The molecule has 4 rings (SSSR count). The van der Waals surface area contributed by atoms with Crippen molar-refractivity contribution in [3.63, 3.8) is 0 Å². The number of aliphatic hydroxyl groups is 1. The Kier molecular flexibility index (Phi) is 9.61. The average molecular weight is 540 g/mol. The van der Waals surface area contributed by atoms with Gasteiger partial charge < -0.3 is 30.0 Å². The number of rotatable bonds is 8. The predicted octanol–water partition coefficient (Wildman–Crippen LogP) is 4.67. The standard InChI is InChI=1S/C30H41N3O6/c1-5-31-29(36)32-23-9-6-8-22(16-23)28-37-24(17-26(38-28)21-13-11-20(19-34)12-14-21)18-33-15-7-10-25(33)27(35)39-30(2,3)4/h6,8-9,11-14,16,24-26,28,34H,5,7,10,15,17-19H2,1-4H3,(H2,31,32,36)/t24-,25+,26+,28+/m1/s1. The quantitative estimate of drug-likeness (QED) is 0.418.